The highest BCUT2D eigenvalue weighted by atomic mass is 32.1. The molecule has 0 radical (unpaired) electrons. The van der Waals surface area contributed by atoms with E-state index < -0.39 is 6.04 Å². The molecule has 0 aliphatic carbocycles. The molecule has 44 heavy (non-hydrogen) atoms. The van der Waals surface area contributed by atoms with Crippen molar-refractivity contribution in [2.24, 2.45) is 0 Å². The monoisotopic (exact) mass is 583 g/mol. The SMILES string of the molecule is [2H]c1c([2H])c([2H])c(-c2ccc3sc4c(-n5c6ccccc6c6cc7ccccc7cc65)nc(-c5ccc([N+]#[C-])cc5)nc4c3c2)c([2H])c1[2H]. The van der Waals surface area contributed by atoms with Crippen LogP contribution >= 0.6 is 11.3 Å². The van der Waals surface area contributed by atoms with E-state index in [0.29, 0.717) is 28.4 Å². The smallest absolute Gasteiger partial charge is 0.187 e. The molecule has 0 spiro atoms. The first-order valence-corrected chi connectivity index (χ1v) is 14.9. The lowest BCUT2D eigenvalue weighted by Gasteiger charge is -2.11. The Kier molecular flexibility index (Phi) is 4.39. The zero-order valence-electron chi connectivity index (χ0n) is 28.0. The summed E-state index contributed by atoms with van der Waals surface area (Å²) < 4.78 is 45.7. The predicted octanol–water partition coefficient (Wildman–Crippen LogP) is 11.0. The van der Waals surface area contributed by atoms with Crippen LogP contribution in [0.2, 0.25) is 0 Å². The lowest BCUT2D eigenvalue weighted by Crippen LogP contribution is -2.01. The normalized spacial score (nSPS) is 13.2. The van der Waals surface area contributed by atoms with Crippen molar-refractivity contribution < 1.29 is 6.85 Å². The summed E-state index contributed by atoms with van der Waals surface area (Å²) in [5.41, 5.74) is 4.62. The lowest BCUT2D eigenvalue weighted by molar-refractivity contribution is 1.08. The molecule has 9 aromatic rings. The van der Waals surface area contributed by atoms with Crippen LogP contribution in [0.3, 0.4) is 0 Å². The van der Waals surface area contributed by atoms with Gasteiger partial charge in [-0.2, -0.15) is 0 Å². The van der Waals surface area contributed by atoms with Crippen molar-refractivity contribution in [1.82, 2.24) is 14.5 Å². The van der Waals surface area contributed by atoms with Gasteiger partial charge in [0.2, 0.25) is 0 Å². The Morgan fingerprint density at radius 2 is 1.41 bits per heavy atom. The molecule has 0 amide bonds. The molecular formula is C39H22N4S. The van der Waals surface area contributed by atoms with Gasteiger partial charge < -0.3 is 0 Å². The molecule has 0 aliphatic rings. The van der Waals surface area contributed by atoms with Crippen LogP contribution in [0.1, 0.15) is 6.85 Å². The van der Waals surface area contributed by atoms with Crippen LogP contribution in [0.15, 0.2) is 133 Å². The second-order valence-electron chi connectivity index (χ2n) is 10.6. The van der Waals surface area contributed by atoms with E-state index in [9.17, 15) is 0 Å². The molecule has 0 unspecified atom stereocenters. The number of hydrogen-bond donors (Lipinski definition) is 0. The highest BCUT2D eigenvalue weighted by Crippen LogP contribution is 2.42. The number of fused-ring (bicyclic) bond motifs is 7. The molecule has 3 aromatic heterocycles. The molecule has 204 valence electrons. The van der Waals surface area contributed by atoms with E-state index in [1.807, 2.05) is 48.5 Å². The van der Waals surface area contributed by atoms with Crippen molar-refractivity contribution in [3.8, 4) is 28.3 Å². The van der Waals surface area contributed by atoms with Crippen LogP contribution in [-0.4, -0.2) is 14.5 Å². The van der Waals surface area contributed by atoms with Crippen molar-refractivity contribution in [1.29, 1.82) is 0 Å². The number of benzene rings is 6. The van der Waals surface area contributed by atoms with Crippen LogP contribution in [0, 0.1) is 6.57 Å². The summed E-state index contributed by atoms with van der Waals surface area (Å²) >= 11 is 1.55. The standard InChI is InChI=1S/C39H22N4S/c1-40-29-18-15-25(16-19-29)38-41-36-32-22-28(24-9-3-2-4-10-24)17-20-35(32)44-37(36)39(42-38)43-33-14-8-7-13-30(33)31-21-26-11-5-6-12-27(26)23-34(31)43/h2-23H/i2D,3D,4D,9D,10D. The average molecular weight is 584 g/mol. The minimum atomic E-state index is -0.425. The molecule has 0 aliphatic heterocycles. The van der Waals surface area contributed by atoms with Gasteiger partial charge in [0, 0.05) is 26.4 Å². The van der Waals surface area contributed by atoms with Gasteiger partial charge >= 0.3 is 0 Å². The first kappa shape index (κ1) is 20.1. The maximum absolute atomic E-state index is 8.61. The first-order chi connectivity index (χ1) is 23.8. The molecule has 0 atom stereocenters. The molecular weight excluding hydrogens is 557 g/mol. The van der Waals surface area contributed by atoms with Crippen LogP contribution in [0.25, 0.3) is 86.1 Å². The minimum Gasteiger partial charge on any atom is -0.292 e. The van der Waals surface area contributed by atoms with Crippen molar-refractivity contribution in [3.63, 3.8) is 0 Å². The number of nitrogens with zero attached hydrogens (tertiary/aromatic N) is 4. The molecule has 0 fully saturated rings. The highest BCUT2D eigenvalue weighted by molar-refractivity contribution is 7.26. The fraction of sp³-hybridized carbons (Fsp3) is 0. The summed E-state index contributed by atoms with van der Waals surface area (Å²) in [5.74, 6) is 1.19. The van der Waals surface area contributed by atoms with Crippen molar-refractivity contribution in [2.75, 3.05) is 0 Å². The zero-order valence-corrected chi connectivity index (χ0v) is 23.8. The van der Waals surface area contributed by atoms with Crippen LogP contribution in [0.4, 0.5) is 5.69 Å². The molecule has 0 saturated heterocycles. The third-order valence-electron chi connectivity index (χ3n) is 8.09. The Morgan fingerprint density at radius 1 is 0.659 bits per heavy atom. The lowest BCUT2D eigenvalue weighted by atomic mass is 10.0. The van der Waals surface area contributed by atoms with E-state index in [-0.39, 0.29) is 29.7 Å². The number of rotatable bonds is 3. The molecule has 3 heterocycles. The third kappa shape index (κ3) is 3.75. The Labute approximate surface area is 264 Å². The number of hydrogen-bond acceptors (Lipinski definition) is 3. The first-order valence-electron chi connectivity index (χ1n) is 16.5. The van der Waals surface area contributed by atoms with E-state index >= 15 is 0 Å². The predicted molar refractivity (Wildman–Crippen MR) is 184 cm³/mol. The fourth-order valence-electron chi connectivity index (χ4n) is 6.03. The summed E-state index contributed by atoms with van der Waals surface area (Å²) in [7, 11) is 0. The summed E-state index contributed by atoms with van der Waals surface area (Å²) in [6.07, 6.45) is 0. The Morgan fingerprint density at radius 3 is 2.23 bits per heavy atom. The molecule has 0 saturated carbocycles. The Hall–Kier alpha value is -5.83. The maximum atomic E-state index is 8.61. The van der Waals surface area contributed by atoms with Crippen molar-refractivity contribution in [3.05, 3.63) is 145 Å². The summed E-state index contributed by atoms with van der Waals surface area (Å²) in [5, 5.41) is 5.25. The van der Waals surface area contributed by atoms with E-state index in [0.717, 1.165) is 52.9 Å². The van der Waals surface area contributed by atoms with E-state index in [1.54, 1.807) is 29.5 Å². The van der Waals surface area contributed by atoms with Gasteiger partial charge in [-0.15, -0.1) is 11.3 Å². The highest BCUT2D eigenvalue weighted by Gasteiger charge is 2.21. The molecule has 4 nitrogen and oxygen atoms in total. The van der Waals surface area contributed by atoms with Crippen LogP contribution in [0.5, 0.6) is 0 Å². The number of para-hydroxylation sites is 1. The molecule has 5 heteroatoms. The van der Waals surface area contributed by atoms with Gasteiger partial charge in [-0.1, -0.05) is 103 Å². The van der Waals surface area contributed by atoms with Gasteiger partial charge in [0.25, 0.3) is 0 Å². The van der Waals surface area contributed by atoms with Gasteiger partial charge in [-0.05, 0) is 52.2 Å². The zero-order chi connectivity index (χ0) is 33.6. The Balaban J connectivity index is 1.40. The van der Waals surface area contributed by atoms with Gasteiger partial charge in [0.15, 0.2) is 17.3 Å². The number of thiophene rings is 1. The van der Waals surface area contributed by atoms with Crippen molar-refractivity contribution >= 4 is 69.9 Å². The van der Waals surface area contributed by atoms with Gasteiger partial charge in [0.05, 0.1) is 34.7 Å². The van der Waals surface area contributed by atoms with E-state index in [4.69, 9.17) is 23.4 Å². The van der Waals surface area contributed by atoms with E-state index in [1.165, 1.54) is 0 Å². The molecule has 0 bridgehead atoms. The van der Waals surface area contributed by atoms with E-state index in [2.05, 4.69) is 45.8 Å². The quantitative estimate of drug-likeness (QED) is 0.194. The van der Waals surface area contributed by atoms with Crippen LogP contribution < -0.4 is 0 Å². The molecule has 9 rings (SSSR count). The fourth-order valence-corrected chi connectivity index (χ4v) is 7.13. The maximum Gasteiger partial charge on any atom is 0.187 e. The minimum absolute atomic E-state index is 0.144. The summed E-state index contributed by atoms with van der Waals surface area (Å²) in [6.45, 7) is 7.43. The largest absolute Gasteiger partial charge is 0.292 e. The molecule has 6 aromatic carbocycles. The Bertz CT molecular complexity index is 2880. The average Bonchev–Trinajstić information content (AvgIpc) is 3.67. The second kappa shape index (κ2) is 9.60. The van der Waals surface area contributed by atoms with Crippen LogP contribution in [-0.2, 0) is 0 Å². The second-order valence-corrected chi connectivity index (χ2v) is 11.6. The summed E-state index contributed by atoms with van der Waals surface area (Å²) in [6, 6.07) is 32.1. The van der Waals surface area contributed by atoms with Gasteiger partial charge in [-0.3, -0.25) is 4.57 Å². The molecule has 0 N–H and O–H groups in total. The summed E-state index contributed by atoms with van der Waals surface area (Å²) in [4.78, 5) is 13.9. The third-order valence-corrected chi connectivity index (χ3v) is 9.25. The van der Waals surface area contributed by atoms with Crippen molar-refractivity contribution in [2.45, 2.75) is 0 Å². The topological polar surface area (TPSA) is 35.1 Å². The number of aromatic nitrogens is 3. The van der Waals surface area contributed by atoms with Gasteiger partial charge in [-0.25, -0.2) is 14.8 Å². The van der Waals surface area contributed by atoms with Gasteiger partial charge in [0.1, 0.15) is 0 Å².